The number of halogens is 2. The van der Waals surface area contributed by atoms with Gasteiger partial charge in [-0.1, -0.05) is 23.2 Å². The second-order valence-corrected chi connectivity index (χ2v) is 10.3. The Labute approximate surface area is 220 Å². The summed E-state index contributed by atoms with van der Waals surface area (Å²) >= 11 is 12.6. The largest absolute Gasteiger partial charge is 0.486 e. The Morgan fingerprint density at radius 3 is 2.44 bits per heavy atom. The van der Waals surface area contributed by atoms with E-state index in [2.05, 4.69) is 25.2 Å². The number of hydrogen-bond donors (Lipinski definition) is 3. The molecule has 5 rings (SSSR count). The smallest absolute Gasteiger partial charge is 0.225 e. The first-order chi connectivity index (χ1) is 17.3. The van der Waals surface area contributed by atoms with Gasteiger partial charge in [0.2, 0.25) is 5.95 Å². The number of anilines is 2. The van der Waals surface area contributed by atoms with Gasteiger partial charge in [0.25, 0.3) is 0 Å². The van der Waals surface area contributed by atoms with Gasteiger partial charge < -0.3 is 20.7 Å². The number of pyridine rings is 1. The van der Waals surface area contributed by atoms with E-state index in [9.17, 15) is 0 Å². The van der Waals surface area contributed by atoms with Gasteiger partial charge in [0.1, 0.15) is 11.9 Å². The highest BCUT2D eigenvalue weighted by atomic mass is 35.5. The van der Waals surface area contributed by atoms with E-state index >= 15 is 0 Å². The van der Waals surface area contributed by atoms with E-state index in [1.165, 1.54) is 25.2 Å². The summed E-state index contributed by atoms with van der Waals surface area (Å²) in [5.74, 6) is 1.24. The fourth-order valence-corrected chi connectivity index (χ4v) is 5.77. The van der Waals surface area contributed by atoms with Crippen LogP contribution in [0.5, 0.6) is 5.75 Å². The molecule has 36 heavy (non-hydrogen) atoms. The van der Waals surface area contributed by atoms with Crippen molar-refractivity contribution in [1.29, 1.82) is 5.41 Å². The SMILES string of the molecule is C[C@@H](Oc1ccc(N)c(C(=N)c2cnc(N3CCC4(CCCN4)CC3)nc2)c1)c1c(Cl)cncc1Cl. The summed E-state index contributed by atoms with van der Waals surface area (Å²) < 4.78 is 6.09. The van der Waals surface area contributed by atoms with Gasteiger partial charge in [0.05, 0.1) is 15.8 Å². The van der Waals surface area contributed by atoms with Crippen LogP contribution in [0.4, 0.5) is 11.6 Å². The minimum Gasteiger partial charge on any atom is -0.486 e. The molecule has 1 spiro atoms. The molecule has 2 saturated heterocycles. The van der Waals surface area contributed by atoms with E-state index in [0.717, 1.165) is 32.5 Å². The van der Waals surface area contributed by atoms with Crippen LogP contribution in [0.25, 0.3) is 0 Å². The minimum atomic E-state index is -0.426. The average Bonchev–Trinajstić information content (AvgIpc) is 3.33. The molecule has 0 saturated carbocycles. The van der Waals surface area contributed by atoms with Crippen molar-refractivity contribution in [3.8, 4) is 5.75 Å². The van der Waals surface area contributed by atoms with Crippen LogP contribution in [-0.2, 0) is 0 Å². The summed E-state index contributed by atoms with van der Waals surface area (Å²) in [6, 6.07) is 5.22. The first-order valence-electron chi connectivity index (χ1n) is 12.1. The van der Waals surface area contributed by atoms with Crippen LogP contribution in [0, 0.1) is 5.41 Å². The molecule has 0 bridgehead atoms. The zero-order valence-electron chi connectivity index (χ0n) is 20.1. The van der Waals surface area contributed by atoms with E-state index in [-0.39, 0.29) is 5.71 Å². The normalized spacial score (nSPS) is 17.8. The Kier molecular flexibility index (Phi) is 7.01. The lowest BCUT2D eigenvalue weighted by molar-refractivity contribution is 0.227. The number of ether oxygens (including phenoxy) is 1. The van der Waals surface area contributed by atoms with E-state index in [4.69, 9.17) is 39.1 Å². The molecule has 8 nitrogen and oxygen atoms in total. The van der Waals surface area contributed by atoms with Crippen molar-refractivity contribution < 1.29 is 4.74 Å². The Balaban J connectivity index is 1.29. The van der Waals surface area contributed by atoms with Crippen molar-refractivity contribution in [2.75, 3.05) is 30.3 Å². The van der Waals surface area contributed by atoms with Crippen LogP contribution in [0.3, 0.4) is 0 Å². The number of hydrogen-bond acceptors (Lipinski definition) is 8. The molecule has 1 atom stereocenters. The predicted octanol–water partition coefficient (Wildman–Crippen LogP) is 5.04. The molecule has 2 aromatic heterocycles. The molecular weight excluding hydrogens is 497 g/mol. The quantitative estimate of drug-likeness (QED) is 0.305. The van der Waals surface area contributed by atoms with Crippen molar-refractivity contribution in [2.45, 2.75) is 44.2 Å². The third-order valence-corrected chi connectivity index (χ3v) is 7.77. The second kappa shape index (κ2) is 10.2. The molecule has 1 aromatic carbocycles. The first kappa shape index (κ1) is 24.7. The lowest BCUT2D eigenvalue weighted by Crippen LogP contribution is -2.50. The predicted molar refractivity (Wildman–Crippen MR) is 144 cm³/mol. The summed E-state index contributed by atoms with van der Waals surface area (Å²) in [6.07, 6.45) is 10.7. The topological polar surface area (TPSA) is 113 Å². The van der Waals surface area contributed by atoms with Crippen LogP contribution >= 0.6 is 23.2 Å². The van der Waals surface area contributed by atoms with Gasteiger partial charge in [-0.2, -0.15) is 0 Å². The molecule has 0 radical (unpaired) electrons. The molecule has 2 aliphatic rings. The number of rotatable bonds is 6. The Bertz CT molecular complexity index is 1230. The number of benzene rings is 1. The molecule has 188 valence electrons. The fraction of sp³-hybridized carbons (Fsp3) is 0.385. The first-order valence-corrected chi connectivity index (χ1v) is 12.9. The molecule has 2 aliphatic heterocycles. The maximum Gasteiger partial charge on any atom is 0.225 e. The maximum absolute atomic E-state index is 8.76. The zero-order chi connectivity index (χ0) is 25.3. The van der Waals surface area contributed by atoms with Crippen molar-refractivity contribution in [1.82, 2.24) is 20.3 Å². The minimum absolute atomic E-state index is 0.227. The van der Waals surface area contributed by atoms with E-state index in [0.29, 0.717) is 49.7 Å². The van der Waals surface area contributed by atoms with Gasteiger partial charge in [-0.15, -0.1) is 0 Å². The highest BCUT2D eigenvalue weighted by Crippen LogP contribution is 2.34. The van der Waals surface area contributed by atoms with Gasteiger partial charge in [0.15, 0.2) is 0 Å². The van der Waals surface area contributed by atoms with Crippen LogP contribution in [-0.4, -0.2) is 45.8 Å². The summed E-state index contributed by atoms with van der Waals surface area (Å²) in [6.45, 7) is 4.83. The van der Waals surface area contributed by atoms with Gasteiger partial charge in [-0.25, -0.2) is 9.97 Å². The molecule has 0 aliphatic carbocycles. The number of nitrogens with one attached hydrogen (secondary N) is 2. The Morgan fingerprint density at radius 2 is 1.81 bits per heavy atom. The van der Waals surface area contributed by atoms with Crippen molar-refractivity contribution in [3.63, 3.8) is 0 Å². The molecule has 3 aromatic rings. The van der Waals surface area contributed by atoms with Crippen LogP contribution in [0.15, 0.2) is 43.0 Å². The lowest BCUT2D eigenvalue weighted by atomic mass is 9.86. The van der Waals surface area contributed by atoms with Gasteiger partial charge in [-0.05, 0) is 57.4 Å². The highest BCUT2D eigenvalue weighted by Gasteiger charge is 2.37. The van der Waals surface area contributed by atoms with Gasteiger partial charge in [0, 0.05) is 65.8 Å². The van der Waals surface area contributed by atoms with Crippen LogP contribution in [0.1, 0.15) is 55.4 Å². The maximum atomic E-state index is 8.76. The van der Waals surface area contributed by atoms with Crippen LogP contribution in [0.2, 0.25) is 10.0 Å². The summed E-state index contributed by atoms with van der Waals surface area (Å²) in [5.41, 5.74) is 8.99. The van der Waals surface area contributed by atoms with Gasteiger partial charge >= 0.3 is 0 Å². The van der Waals surface area contributed by atoms with Crippen LogP contribution < -0.4 is 20.7 Å². The Morgan fingerprint density at radius 1 is 1.11 bits per heavy atom. The number of nitrogens with two attached hydrogens (primary N) is 1. The Hall–Kier alpha value is -2.94. The van der Waals surface area contributed by atoms with Crippen molar-refractivity contribution >= 4 is 40.5 Å². The molecule has 0 unspecified atom stereocenters. The molecule has 2 fully saturated rings. The molecule has 0 amide bonds. The molecule has 4 N–H and O–H groups in total. The van der Waals surface area contributed by atoms with Crippen molar-refractivity contribution in [3.05, 3.63) is 69.7 Å². The molecular formula is C26H29Cl2N7O. The average molecular weight is 526 g/mol. The van der Waals surface area contributed by atoms with E-state index < -0.39 is 6.10 Å². The third-order valence-electron chi connectivity index (χ3n) is 7.17. The number of nitrogens with zero attached hydrogens (tertiary/aromatic N) is 4. The number of piperidine rings is 1. The lowest BCUT2D eigenvalue weighted by Gasteiger charge is -2.39. The summed E-state index contributed by atoms with van der Waals surface area (Å²) in [4.78, 5) is 15.3. The van der Waals surface area contributed by atoms with Crippen molar-refractivity contribution in [2.24, 2.45) is 0 Å². The zero-order valence-corrected chi connectivity index (χ0v) is 21.6. The van der Waals surface area contributed by atoms with E-state index in [1.54, 1.807) is 30.6 Å². The van der Waals surface area contributed by atoms with Gasteiger partial charge in [-0.3, -0.25) is 10.4 Å². The monoisotopic (exact) mass is 525 g/mol. The fourth-order valence-electron chi connectivity index (χ4n) is 5.10. The molecule has 10 heteroatoms. The summed E-state index contributed by atoms with van der Waals surface area (Å²) in [5, 5.41) is 13.3. The highest BCUT2D eigenvalue weighted by molar-refractivity contribution is 6.35. The third kappa shape index (κ3) is 4.98. The summed E-state index contributed by atoms with van der Waals surface area (Å²) in [7, 11) is 0. The number of nitrogen functional groups attached to an aromatic ring is 1. The molecule has 4 heterocycles. The number of aromatic nitrogens is 3. The second-order valence-electron chi connectivity index (χ2n) is 9.47. The standard InChI is InChI=1S/C26H29Cl2N7O/c1-16(23-20(27)14-31-15-21(23)28)36-18-3-4-22(29)19(11-18)24(30)17-12-32-25(33-13-17)35-9-6-26(7-10-35)5-2-8-34-26/h3-4,11-16,30,34H,2,5-10,29H2,1H3/t16-/m1/s1. The van der Waals surface area contributed by atoms with E-state index in [1.807, 2.05) is 6.92 Å².